The number of thioether (sulfide) groups is 1. The summed E-state index contributed by atoms with van der Waals surface area (Å²) in [6.07, 6.45) is 1.58. The molecule has 3 aromatic carbocycles. The van der Waals surface area contributed by atoms with Gasteiger partial charge < -0.3 is 10.6 Å². The summed E-state index contributed by atoms with van der Waals surface area (Å²) in [5.41, 5.74) is 1.72. The van der Waals surface area contributed by atoms with E-state index in [0.717, 1.165) is 9.90 Å². The standard InChI is InChI=1S/C28H24ClN5O3S2/c1-17(25(35)32-28-34-33-18(2)39-28)38-23-14-12-22(13-15-23)30-27(37)24(16-19-8-10-21(29)11-9-19)31-26(36)20-6-4-3-5-7-20/h3-17H,1-2H3,(H,30,37)(H,31,36)(H,32,34,35)/b24-16-. The molecule has 8 nitrogen and oxygen atoms in total. The van der Waals surface area contributed by atoms with Crippen molar-refractivity contribution in [1.82, 2.24) is 15.5 Å². The molecule has 0 aliphatic heterocycles. The van der Waals surface area contributed by atoms with E-state index in [1.54, 1.807) is 73.7 Å². The lowest BCUT2D eigenvalue weighted by Crippen LogP contribution is -2.30. The van der Waals surface area contributed by atoms with Crippen molar-refractivity contribution in [3.63, 3.8) is 0 Å². The summed E-state index contributed by atoms with van der Waals surface area (Å²) in [6, 6.07) is 22.6. The fraction of sp³-hybridized carbons (Fsp3) is 0.107. The third-order valence-corrected chi connectivity index (χ3v) is 7.38. The predicted octanol–water partition coefficient (Wildman–Crippen LogP) is 6.03. The number of carbonyl (C=O) groups excluding carboxylic acids is 3. The van der Waals surface area contributed by atoms with Crippen LogP contribution >= 0.6 is 34.7 Å². The smallest absolute Gasteiger partial charge is 0.272 e. The quantitative estimate of drug-likeness (QED) is 0.165. The third kappa shape index (κ3) is 8.25. The largest absolute Gasteiger partial charge is 0.321 e. The van der Waals surface area contributed by atoms with Crippen LogP contribution < -0.4 is 16.0 Å². The average molecular weight is 578 g/mol. The lowest BCUT2D eigenvalue weighted by molar-refractivity contribution is -0.115. The van der Waals surface area contributed by atoms with Crippen molar-refractivity contribution in [3.05, 3.63) is 106 Å². The number of aromatic nitrogens is 2. The average Bonchev–Trinajstić information content (AvgIpc) is 3.35. The van der Waals surface area contributed by atoms with Crippen LogP contribution in [-0.4, -0.2) is 33.2 Å². The highest BCUT2D eigenvalue weighted by molar-refractivity contribution is 8.00. The van der Waals surface area contributed by atoms with Gasteiger partial charge in [-0.25, -0.2) is 0 Å². The molecule has 4 aromatic rings. The molecule has 0 aliphatic carbocycles. The second-order valence-corrected chi connectivity index (χ2v) is 11.3. The first-order valence-electron chi connectivity index (χ1n) is 11.8. The molecule has 11 heteroatoms. The van der Waals surface area contributed by atoms with E-state index in [1.165, 1.54) is 23.1 Å². The van der Waals surface area contributed by atoms with Crippen LogP contribution in [-0.2, 0) is 9.59 Å². The van der Waals surface area contributed by atoms with Crippen LogP contribution in [0.3, 0.4) is 0 Å². The van der Waals surface area contributed by atoms with Crippen LogP contribution in [0, 0.1) is 6.92 Å². The Morgan fingerprint density at radius 1 is 0.923 bits per heavy atom. The van der Waals surface area contributed by atoms with Gasteiger partial charge >= 0.3 is 0 Å². The molecule has 198 valence electrons. The van der Waals surface area contributed by atoms with Gasteiger partial charge in [0.1, 0.15) is 10.7 Å². The maximum atomic E-state index is 13.2. The fourth-order valence-corrected chi connectivity index (χ4v) is 4.88. The Morgan fingerprint density at radius 3 is 2.26 bits per heavy atom. The number of carbonyl (C=O) groups is 3. The summed E-state index contributed by atoms with van der Waals surface area (Å²) in [7, 11) is 0. The second-order valence-electron chi connectivity index (χ2n) is 8.28. The maximum absolute atomic E-state index is 13.2. The predicted molar refractivity (Wildman–Crippen MR) is 157 cm³/mol. The summed E-state index contributed by atoms with van der Waals surface area (Å²) in [4.78, 5) is 39.3. The van der Waals surface area contributed by atoms with Crippen molar-refractivity contribution < 1.29 is 14.4 Å². The van der Waals surface area contributed by atoms with Crippen LogP contribution in [0.1, 0.15) is 27.9 Å². The lowest BCUT2D eigenvalue weighted by atomic mass is 10.1. The molecule has 0 saturated carbocycles. The van der Waals surface area contributed by atoms with Crippen LogP contribution in [0.5, 0.6) is 0 Å². The number of hydrogen-bond acceptors (Lipinski definition) is 7. The highest BCUT2D eigenvalue weighted by Crippen LogP contribution is 2.26. The Hall–Kier alpha value is -3.99. The Morgan fingerprint density at radius 2 is 1.62 bits per heavy atom. The number of rotatable bonds is 9. The summed E-state index contributed by atoms with van der Waals surface area (Å²) in [5, 5.41) is 17.5. The lowest BCUT2D eigenvalue weighted by Gasteiger charge is -2.13. The molecule has 39 heavy (non-hydrogen) atoms. The van der Waals surface area contributed by atoms with Crippen LogP contribution in [0.4, 0.5) is 10.8 Å². The van der Waals surface area contributed by atoms with E-state index in [-0.39, 0.29) is 16.9 Å². The first-order valence-corrected chi connectivity index (χ1v) is 13.9. The number of hydrogen-bond donors (Lipinski definition) is 3. The Bertz CT molecular complexity index is 1490. The van der Waals surface area contributed by atoms with Crippen LogP contribution in [0.15, 0.2) is 89.5 Å². The van der Waals surface area contributed by atoms with Crippen molar-refractivity contribution in [3.8, 4) is 0 Å². The van der Waals surface area contributed by atoms with E-state index < -0.39 is 11.8 Å². The van der Waals surface area contributed by atoms with Gasteiger partial charge in [-0.15, -0.1) is 22.0 Å². The topological polar surface area (TPSA) is 113 Å². The molecule has 0 radical (unpaired) electrons. The minimum atomic E-state index is -0.491. The molecule has 0 bridgehead atoms. The van der Waals surface area contributed by atoms with Gasteiger partial charge in [-0.2, -0.15) is 0 Å². The highest BCUT2D eigenvalue weighted by atomic mass is 35.5. The van der Waals surface area contributed by atoms with Crippen molar-refractivity contribution in [2.24, 2.45) is 0 Å². The van der Waals surface area contributed by atoms with E-state index in [2.05, 4.69) is 26.1 Å². The normalized spacial score (nSPS) is 11.9. The van der Waals surface area contributed by atoms with E-state index in [4.69, 9.17) is 11.6 Å². The molecule has 0 fully saturated rings. The number of anilines is 2. The van der Waals surface area contributed by atoms with Crippen molar-refractivity contribution >= 4 is 69.3 Å². The minimum Gasteiger partial charge on any atom is -0.321 e. The van der Waals surface area contributed by atoms with Gasteiger partial charge in [-0.05, 0) is 74.0 Å². The van der Waals surface area contributed by atoms with Crippen LogP contribution in [0.25, 0.3) is 6.08 Å². The van der Waals surface area contributed by atoms with Gasteiger partial charge in [0, 0.05) is 21.2 Å². The van der Waals surface area contributed by atoms with Gasteiger partial charge in [-0.1, -0.05) is 53.3 Å². The number of aryl methyl sites for hydroxylation is 1. The first kappa shape index (κ1) is 28.0. The molecule has 0 saturated heterocycles. The molecule has 1 unspecified atom stereocenters. The minimum absolute atomic E-state index is 0.0711. The van der Waals surface area contributed by atoms with Crippen molar-refractivity contribution in [2.75, 3.05) is 10.6 Å². The first-order chi connectivity index (χ1) is 18.8. The van der Waals surface area contributed by atoms with Gasteiger partial charge in [-0.3, -0.25) is 19.7 Å². The molecule has 0 spiro atoms. The van der Waals surface area contributed by atoms with E-state index in [1.807, 2.05) is 25.1 Å². The summed E-state index contributed by atoms with van der Waals surface area (Å²) < 4.78 is 0. The number of halogens is 1. The fourth-order valence-electron chi connectivity index (χ4n) is 3.30. The molecule has 0 aliphatic rings. The third-order valence-electron chi connectivity index (χ3n) is 5.26. The molecular weight excluding hydrogens is 554 g/mol. The van der Waals surface area contributed by atoms with Gasteiger partial charge in [0.05, 0.1) is 5.25 Å². The van der Waals surface area contributed by atoms with Crippen molar-refractivity contribution in [2.45, 2.75) is 24.0 Å². The number of nitrogens with zero attached hydrogens (tertiary/aromatic N) is 2. The Balaban J connectivity index is 1.43. The Kier molecular flexibility index (Phi) is 9.48. The Labute approximate surface area is 238 Å². The number of benzene rings is 3. The SMILES string of the molecule is Cc1nnc(NC(=O)C(C)Sc2ccc(NC(=O)/C(=C/c3ccc(Cl)cc3)NC(=O)c3ccccc3)cc2)s1. The summed E-state index contributed by atoms with van der Waals surface area (Å²) in [6.45, 7) is 3.62. The molecule has 1 heterocycles. The van der Waals surface area contributed by atoms with E-state index in [0.29, 0.717) is 27.0 Å². The van der Waals surface area contributed by atoms with Gasteiger partial charge in [0.15, 0.2) is 0 Å². The molecule has 4 rings (SSSR count). The van der Waals surface area contributed by atoms with E-state index >= 15 is 0 Å². The van der Waals surface area contributed by atoms with Gasteiger partial charge in [0.25, 0.3) is 11.8 Å². The van der Waals surface area contributed by atoms with Crippen molar-refractivity contribution in [1.29, 1.82) is 0 Å². The van der Waals surface area contributed by atoms with Gasteiger partial charge in [0.2, 0.25) is 11.0 Å². The van der Waals surface area contributed by atoms with Crippen LogP contribution in [0.2, 0.25) is 5.02 Å². The zero-order valence-corrected chi connectivity index (χ0v) is 23.4. The second kappa shape index (κ2) is 13.2. The molecule has 3 N–H and O–H groups in total. The number of nitrogens with one attached hydrogen (secondary N) is 3. The number of amides is 3. The van der Waals surface area contributed by atoms with E-state index in [9.17, 15) is 14.4 Å². The monoisotopic (exact) mass is 577 g/mol. The molecule has 1 atom stereocenters. The molecular formula is C28H24ClN5O3S2. The molecule has 1 aromatic heterocycles. The molecule has 3 amide bonds. The zero-order valence-electron chi connectivity index (χ0n) is 21.0. The maximum Gasteiger partial charge on any atom is 0.272 e. The highest BCUT2D eigenvalue weighted by Gasteiger charge is 2.18. The summed E-state index contributed by atoms with van der Waals surface area (Å²) in [5.74, 6) is -1.08. The summed E-state index contributed by atoms with van der Waals surface area (Å²) >= 11 is 8.67. The zero-order chi connectivity index (χ0) is 27.8.